The molecule has 0 saturated heterocycles. The average molecular weight is 252 g/mol. The second-order valence-electron chi connectivity index (χ2n) is 4.65. The largest absolute Gasteiger partial charge is 0.130 e. The van der Waals surface area contributed by atoms with Crippen molar-refractivity contribution in [3.05, 3.63) is 71.3 Å². The van der Waals surface area contributed by atoms with Crippen LogP contribution in [0.1, 0.15) is 22.6 Å². The quantitative estimate of drug-likeness (QED) is 0.710. The van der Waals surface area contributed by atoms with Gasteiger partial charge in [-0.2, -0.15) is 0 Å². The molecule has 18 heavy (non-hydrogen) atoms. The monoisotopic (exact) mass is 252 g/mol. The molecule has 0 radical (unpaired) electrons. The highest BCUT2D eigenvalue weighted by molar-refractivity contribution is 7.98. The summed E-state index contributed by atoms with van der Waals surface area (Å²) in [6, 6.07) is 17.6. The smallest absolute Gasteiger partial charge is 0.00693 e. The van der Waals surface area contributed by atoms with Gasteiger partial charge in [0, 0.05) is 10.8 Å². The summed E-state index contributed by atoms with van der Waals surface area (Å²) >= 11 is 1.79. The molecule has 0 amide bonds. The van der Waals surface area contributed by atoms with Gasteiger partial charge in [-0.3, -0.25) is 0 Å². The molecule has 0 saturated carbocycles. The summed E-state index contributed by atoms with van der Waals surface area (Å²) in [5.74, 6) is 0.543. The molecule has 90 valence electrons. The summed E-state index contributed by atoms with van der Waals surface area (Å²) in [5.41, 5.74) is 4.26. The van der Waals surface area contributed by atoms with E-state index < -0.39 is 0 Å². The van der Waals surface area contributed by atoms with Crippen LogP contribution in [0.4, 0.5) is 0 Å². The number of benzene rings is 2. The van der Waals surface area contributed by atoms with Crippen molar-refractivity contribution in [1.82, 2.24) is 0 Å². The fraction of sp³-hybridized carbons (Fsp3) is 0.176. The molecule has 0 aromatic heterocycles. The first-order chi connectivity index (χ1) is 8.86. The zero-order chi connectivity index (χ0) is 12.4. The molecule has 1 atom stereocenters. The van der Waals surface area contributed by atoms with Crippen LogP contribution in [-0.4, -0.2) is 6.26 Å². The average Bonchev–Trinajstić information content (AvgIpc) is 2.83. The van der Waals surface area contributed by atoms with Gasteiger partial charge < -0.3 is 0 Å². The molecule has 0 fully saturated rings. The van der Waals surface area contributed by atoms with Crippen LogP contribution in [0, 0.1) is 0 Å². The van der Waals surface area contributed by atoms with Gasteiger partial charge >= 0.3 is 0 Å². The van der Waals surface area contributed by atoms with Crippen molar-refractivity contribution < 1.29 is 0 Å². The molecule has 0 spiro atoms. The number of thioether (sulfide) groups is 1. The first kappa shape index (κ1) is 11.6. The Balaban J connectivity index is 1.80. The van der Waals surface area contributed by atoms with Crippen molar-refractivity contribution >= 4 is 17.8 Å². The van der Waals surface area contributed by atoms with E-state index in [1.807, 2.05) is 0 Å². The van der Waals surface area contributed by atoms with Crippen molar-refractivity contribution in [2.24, 2.45) is 0 Å². The van der Waals surface area contributed by atoms with E-state index in [1.165, 1.54) is 21.6 Å². The zero-order valence-corrected chi connectivity index (χ0v) is 11.3. The van der Waals surface area contributed by atoms with Gasteiger partial charge in [-0.05, 0) is 41.5 Å². The standard InChI is InChI=1S/C17H16S/c1-18-16-10-6-13(7-11-16)12-15-9-8-14-4-2-3-5-17(14)15/h2-11,15H,12H2,1H3. The van der Waals surface area contributed by atoms with Gasteiger partial charge in [-0.1, -0.05) is 48.6 Å². The second-order valence-corrected chi connectivity index (χ2v) is 5.53. The molecule has 0 N–H and O–H groups in total. The lowest BCUT2D eigenvalue weighted by Gasteiger charge is -2.11. The Hall–Kier alpha value is -1.47. The number of rotatable bonds is 3. The third-order valence-electron chi connectivity index (χ3n) is 3.52. The minimum atomic E-state index is 0.543. The predicted molar refractivity (Wildman–Crippen MR) is 80.1 cm³/mol. The molecule has 0 nitrogen and oxygen atoms in total. The maximum atomic E-state index is 2.33. The van der Waals surface area contributed by atoms with Gasteiger partial charge in [0.2, 0.25) is 0 Å². The molecule has 2 aromatic rings. The number of hydrogen-bond donors (Lipinski definition) is 0. The molecule has 1 unspecified atom stereocenters. The first-order valence-corrected chi connectivity index (χ1v) is 7.49. The fourth-order valence-electron chi connectivity index (χ4n) is 2.52. The summed E-state index contributed by atoms with van der Waals surface area (Å²) in [6.07, 6.45) is 7.79. The normalized spacial score (nSPS) is 16.8. The van der Waals surface area contributed by atoms with E-state index in [4.69, 9.17) is 0 Å². The van der Waals surface area contributed by atoms with Crippen molar-refractivity contribution in [1.29, 1.82) is 0 Å². The molecule has 1 aliphatic carbocycles. The molecule has 0 bridgehead atoms. The third kappa shape index (κ3) is 2.23. The van der Waals surface area contributed by atoms with Crippen molar-refractivity contribution in [3.63, 3.8) is 0 Å². The van der Waals surface area contributed by atoms with Gasteiger partial charge in [0.1, 0.15) is 0 Å². The van der Waals surface area contributed by atoms with Crippen LogP contribution >= 0.6 is 11.8 Å². The maximum absolute atomic E-state index is 2.33. The lowest BCUT2D eigenvalue weighted by molar-refractivity contribution is 0.849. The Morgan fingerprint density at radius 1 is 1.00 bits per heavy atom. The van der Waals surface area contributed by atoms with Crippen LogP contribution in [0.25, 0.3) is 6.08 Å². The lowest BCUT2D eigenvalue weighted by atomic mass is 9.94. The highest BCUT2D eigenvalue weighted by Gasteiger charge is 2.16. The van der Waals surface area contributed by atoms with Crippen LogP contribution in [0.15, 0.2) is 59.5 Å². The highest BCUT2D eigenvalue weighted by Crippen LogP contribution is 2.32. The lowest BCUT2D eigenvalue weighted by Crippen LogP contribution is -1.97. The van der Waals surface area contributed by atoms with Crippen molar-refractivity contribution in [3.8, 4) is 0 Å². The molecule has 1 aliphatic rings. The summed E-state index contributed by atoms with van der Waals surface area (Å²) in [5, 5.41) is 0. The SMILES string of the molecule is CSc1ccc(CC2C=Cc3ccccc32)cc1. The summed E-state index contributed by atoms with van der Waals surface area (Å²) in [6.45, 7) is 0. The minimum absolute atomic E-state index is 0.543. The highest BCUT2D eigenvalue weighted by atomic mass is 32.2. The predicted octanol–water partition coefficient (Wildman–Crippen LogP) is 4.76. The molecule has 1 heteroatoms. The number of fused-ring (bicyclic) bond motifs is 1. The van der Waals surface area contributed by atoms with Gasteiger partial charge in [0.25, 0.3) is 0 Å². The Morgan fingerprint density at radius 2 is 1.78 bits per heavy atom. The first-order valence-electron chi connectivity index (χ1n) is 6.27. The molecular weight excluding hydrogens is 236 g/mol. The molecule has 2 aromatic carbocycles. The van der Waals surface area contributed by atoms with E-state index >= 15 is 0 Å². The molecule has 0 heterocycles. The van der Waals surface area contributed by atoms with E-state index in [9.17, 15) is 0 Å². The maximum Gasteiger partial charge on any atom is 0.00693 e. The summed E-state index contributed by atoms with van der Waals surface area (Å²) in [4.78, 5) is 1.33. The number of allylic oxidation sites excluding steroid dienone is 1. The Bertz CT molecular complexity index is 566. The second kappa shape index (κ2) is 5.03. The van der Waals surface area contributed by atoms with E-state index in [0.29, 0.717) is 5.92 Å². The van der Waals surface area contributed by atoms with E-state index in [1.54, 1.807) is 11.8 Å². The fourth-order valence-corrected chi connectivity index (χ4v) is 2.93. The molecule has 0 aliphatic heterocycles. The van der Waals surface area contributed by atoms with E-state index in [2.05, 4.69) is 66.9 Å². The van der Waals surface area contributed by atoms with Crippen molar-refractivity contribution in [2.75, 3.05) is 6.26 Å². The summed E-state index contributed by atoms with van der Waals surface area (Å²) < 4.78 is 0. The van der Waals surface area contributed by atoms with Gasteiger partial charge in [-0.25, -0.2) is 0 Å². The Labute approximate surface area is 113 Å². The Morgan fingerprint density at radius 3 is 2.56 bits per heavy atom. The van der Waals surface area contributed by atoms with E-state index in [-0.39, 0.29) is 0 Å². The van der Waals surface area contributed by atoms with Gasteiger partial charge in [0.05, 0.1) is 0 Å². The number of hydrogen-bond acceptors (Lipinski definition) is 1. The molecular formula is C17H16S. The van der Waals surface area contributed by atoms with Crippen LogP contribution in [0.5, 0.6) is 0 Å². The van der Waals surface area contributed by atoms with Gasteiger partial charge in [0.15, 0.2) is 0 Å². The van der Waals surface area contributed by atoms with Crippen LogP contribution in [0.3, 0.4) is 0 Å². The van der Waals surface area contributed by atoms with Crippen LogP contribution in [-0.2, 0) is 6.42 Å². The van der Waals surface area contributed by atoms with Crippen LogP contribution < -0.4 is 0 Å². The minimum Gasteiger partial charge on any atom is -0.130 e. The topological polar surface area (TPSA) is 0 Å². The van der Waals surface area contributed by atoms with Crippen molar-refractivity contribution in [2.45, 2.75) is 17.2 Å². The summed E-state index contributed by atoms with van der Waals surface area (Å²) in [7, 11) is 0. The Kier molecular flexibility index (Phi) is 3.24. The third-order valence-corrected chi connectivity index (χ3v) is 4.26. The van der Waals surface area contributed by atoms with E-state index in [0.717, 1.165) is 6.42 Å². The molecule has 3 rings (SSSR count). The zero-order valence-electron chi connectivity index (χ0n) is 10.5. The van der Waals surface area contributed by atoms with Crippen LogP contribution in [0.2, 0.25) is 0 Å². The van der Waals surface area contributed by atoms with Gasteiger partial charge in [-0.15, -0.1) is 11.8 Å².